The van der Waals surface area contributed by atoms with Crippen molar-refractivity contribution < 1.29 is 14.3 Å². The van der Waals surface area contributed by atoms with E-state index < -0.39 is 5.54 Å². The summed E-state index contributed by atoms with van der Waals surface area (Å²) in [6, 6.07) is 5.58. The Hall–Kier alpha value is -1.84. The van der Waals surface area contributed by atoms with E-state index in [1.54, 1.807) is 6.07 Å². The van der Waals surface area contributed by atoms with Crippen molar-refractivity contribution in [3.63, 3.8) is 0 Å². The lowest BCUT2D eigenvalue weighted by atomic mass is 9.81. The first-order valence-electron chi connectivity index (χ1n) is 7.47. The predicted octanol–water partition coefficient (Wildman–Crippen LogP) is 2.91. The van der Waals surface area contributed by atoms with Gasteiger partial charge in [-0.05, 0) is 49.9 Å². The van der Waals surface area contributed by atoms with E-state index >= 15 is 0 Å². The van der Waals surface area contributed by atoms with E-state index in [4.69, 9.17) is 4.74 Å². The van der Waals surface area contributed by atoms with E-state index in [0.29, 0.717) is 18.4 Å². The second kappa shape index (κ2) is 6.29. The number of esters is 1. The van der Waals surface area contributed by atoms with Crippen LogP contribution < -0.4 is 5.32 Å². The Morgan fingerprint density at radius 3 is 2.33 bits per heavy atom. The van der Waals surface area contributed by atoms with Crippen molar-refractivity contribution in [1.29, 1.82) is 0 Å². The van der Waals surface area contributed by atoms with E-state index in [1.807, 2.05) is 26.0 Å². The molecule has 1 aliphatic rings. The lowest BCUT2D eigenvalue weighted by Gasteiger charge is -2.35. The van der Waals surface area contributed by atoms with Crippen LogP contribution in [0.25, 0.3) is 0 Å². The maximum absolute atomic E-state index is 12.5. The summed E-state index contributed by atoms with van der Waals surface area (Å²) < 4.78 is 4.92. The van der Waals surface area contributed by atoms with E-state index in [-0.39, 0.29) is 11.9 Å². The van der Waals surface area contributed by atoms with E-state index in [1.165, 1.54) is 7.11 Å². The molecule has 1 aliphatic carbocycles. The zero-order chi connectivity index (χ0) is 15.5. The molecule has 0 aromatic heterocycles. The monoisotopic (exact) mass is 289 g/mol. The van der Waals surface area contributed by atoms with Crippen LogP contribution in [0.15, 0.2) is 18.2 Å². The minimum absolute atomic E-state index is 0.203. The number of amides is 1. The number of nitrogens with one attached hydrogen (secondary N) is 1. The van der Waals surface area contributed by atoms with Crippen LogP contribution in [-0.4, -0.2) is 24.5 Å². The molecule has 0 aliphatic heterocycles. The Labute approximate surface area is 125 Å². The molecule has 0 spiro atoms. The highest BCUT2D eigenvalue weighted by Crippen LogP contribution is 2.29. The Balaban J connectivity index is 2.21. The van der Waals surface area contributed by atoms with Gasteiger partial charge in [0.15, 0.2) is 0 Å². The number of aryl methyl sites for hydroxylation is 2. The number of carbonyl (C=O) groups excluding carboxylic acids is 2. The van der Waals surface area contributed by atoms with Gasteiger partial charge in [0.2, 0.25) is 0 Å². The molecular weight excluding hydrogens is 266 g/mol. The van der Waals surface area contributed by atoms with Gasteiger partial charge in [0.25, 0.3) is 5.91 Å². The van der Waals surface area contributed by atoms with Crippen molar-refractivity contribution in [2.45, 2.75) is 51.5 Å². The summed E-state index contributed by atoms with van der Waals surface area (Å²) in [6.07, 6.45) is 4.26. The highest BCUT2D eigenvalue weighted by Gasteiger charge is 2.42. The molecular formula is C17H23NO3. The maximum Gasteiger partial charge on any atom is 0.331 e. The van der Waals surface area contributed by atoms with Crippen LogP contribution >= 0.6 is 0 Å². The molecule has 21 heavy (non-hydrogen) atoms. The Kier molecular flexibility index (Phi) is 4.66. The minimum atomic E-state index is -0.858. The van der Waals surface area contributed by atoms with Crippen molar-refractivity contribution in [3.05, 3.63) is 34.9 Å². The first-order valence-corrected chi connectivity index (χ1v) is 7.47. The lowest BCUT2D eigenvalue weighted by molar-refractivity contribution is -0.149. The third-order valence-electron chi connectivity index (χ3n) is 4.41. The van der Waals surface area contributed by atoms with Crippen LogP contribution in [0.4, 0.5) is 0 Å². The number of benzene rings is 1. The number of methoxy groups -OCH3 is 1. The van der Waals surface area contributed by atoms with Gasteiger partial charge in [-0.1, -0.05) is 25.3 Å². The molecule has 0 radical (unpaired) electrons. The molecule has 1 aromatic carbocycles. The quantitative estimate of drug-likeness (QED) is 0.870. The molecule has 1 saturated carbocycles. The van der Waals surface area contributed by atoms with Crippen LogP contribution in [0.2, 0.25) is 0 Å². The van der Waals surface area contributed by atoms with Crippen LogP contribution in [0.1, 0.15) is 53.6 Å². The Bertz CT molecular complexity index is 545. The highest BCUT2D eigenvalue weighted by molar-refractivity contribution is 5.98. The molecule has 4 nitrogen and oxygen atoms in total. The van der Waals surface area contributed by atoms with Crippen molar-refractivity contribution >= 4 is 11.9 Å². The lowest BCUT2D eigenvalue weighted by Crippen LogP contribution is -2.56. The minimum Gasteiger partial charge on any atom is -0.467 e. The molecule has 0 heterocycles. The van der Waals surface area contributed by atoms with Gasteiger partial charge in [-0.25, -0.2) is 4.79 Å². The third kappa shape index (κ3) is 3.26. The van der Waals surface area contributed by atoms with Gasteiger partial charge in [0, 0.05) is 5.56 Å². The molecule has 0 unspecified atom stereocenters. The molecule has 2 rings (SSSR count). The third-order valence-corrected chi connectivity index (χ3v) is 4.41. The van der Waals surface area contributed by atoms with Crippen LogP contribution in [0.3, 0.4) is 0 Å². The molecule has 1 amide bonds. The van der Waals surface area contributed by atoms with Crippen molar-refractivity contribution in [2.75, 3.05) is 7.11 Å². The van der Waals surface area contributed by atoms with Gasteiger partial charge in [0.1, 0.15) is 5.54 Å². The average Bonchev–Trinajstić information content (AvgIpc) is 2.50. The van der Waals surface area contributed by atoms with Gasteiger partial charge in [-0.2, -0.15) is 0 Å². The number of rotatable bonds is 3. The zero-order valence-corrected chi connectivity index (χ0v) is 13.0. The van der Waals surface area contributed by atoms with Gasteiger partial charge >= 0.3 is 5.97 Å². The summed E-state index contributed by atoms with van der Waals surface area (Å²) in [5.41, 5.74) is 1.94. The molecule has 114 valence electrons. The number of hydrogen-bond acceptors (Lipinski definition) is 3. The van der Waals surface area contributed by atoms with Gasteiger partial charge in [-0.3, -0.25) is 4.79 Å². The second-order valence-corrected chi connectivity index (χ2v) is 5.89. The first-order chi connectivity index (χ1) is 9.98. The van der Waals surface area contributed by atoms with Crippen LogP contribution in [0.5, 0.6) is 0 Å². The van der Waals surface area contributed by atoms with Gasteiger partial charge in [0.05, 0.1) is 7.11 Å². The van der Waals surface area contributed by atoms with E-state index in [0.717, 1.165) is 30.4 Å². The molecule has 0 bridgehead atoms. The average molecular weight is 289 g/mol. The maximum atomic E-state index is 12.5. The zero-order valence-electron chi connectivity index (χ0n) is 13.0. The smallest absolute Gasteiger partial charge is 0.331 e. The Morgan fingerprint density at radius 2 is 1.76 bits per heavy atom. The summed E-state index contributed by atoms with van der Waals surface area (Å²) in [7, 11) is 1.38. The first kappa shape index (κ1) is 15.5. The Morgan fingerprint density at radius 1 is 1.10 bits per heavy atom. The number of ether oxygens (including phenoxy) is 1. The fourth-order valence-corrected chi connectivity index (χ4v) is 2.90. The van der Waals surface area contributed by atoms with Crippen LogP contribution in [0, 0.1) is 13.8 Å². The standard InChI is InChI=1S/C17H23NO3/c1-12-7-8-14(11-13(12)2)15(19)18-17(16(20)21-3)9-5-4-6-10-17/h7-8,11H,4-6,9-10H2,1-3H3,(H,18,19). The van der Waals surface area contributed by atoms with Crippen LogP contribution in [-0.2, 0) is 9.53 Å². The number of carbonyl (C=O) groups is 2. The van der Waals surface area contributed by atoms with Crippen molar-refractivity contribution in [3.8, 4) is 0 Å². The molecule has 1 aromatic rings. The molecule has 0 saturated heterocycles. The second-order valence-electron chi connectivity index (χ2n) is 5.89. The topological polar surface area (TPSA) is 55.4 Å². The van der Waals surface area contributed by atoms with Gasteiger partial charge in [-0.15, -0.1) is 0 Å². The summed E-state index contributed by atoms with van der Waals surface area (Å²) >= 11 is 0. The molecule has 0 atom stereocenters. The van der Waals surface area contributed by atoms with E-state index in [9.17, 15) is 9.59 Å². The van der Waals surface area contributed by atoms with E-state index in [2.05, 4.69) is 5.32 Å². The fourth-order valence-electron chi connectivity index (χ4n) is 2.90. The predicted molar refractivity (Wildman–Crippen MR) is 81.2 cm³/mol. The molecule has 4 heteroatoms. The summed E-state index contributed by atoms with van der Waals surface area (Å²) in [6.45, 7) is 3.98. The molecule has 1 fully saturated rings. The normalized spacial score (nSPS) is 17.1. The SMILES string of the molecule is COC(=O)C1(NC(=O)c2ccc(C)c(C)c2)CCCCC1. The summed E-state index contributed by atoms with van der Waals surface area (Å²) in [4.78, 5) is 24.6. The van der Waals surface area contributed by atoms with Gasteiger partial charge < -0.3 is 10.1 Å². The highest BCUT2D eigenvalue weighted by atomic mass is 16.5. The van der Waals surface area contributed by atoms with Crippen molar-refractivity contribution in [2.24, 2.45) is 0 Å². The number of hydrogen-bond donors (Lipinski definition) is 1. The van der Waals surface area contributed by atoms with Crippen molar-refractivity contribution in [1.82, 2.24) is 5.32 Å². The largest absolute Gasteiger partial charge is 0.467 e. The fraction of sp³-hybridized carbons (Fsp3) is 0.529. The molecule has 1 N–H and O–H groups in total. The summed E-state index contributed by atoms with van der Waals surface area (Å²) in [5.74, 6) is -0.537. The summed E-state index contributed by atoms with van der Waals surface area (Å²) in [5, 5.41) is 2.93.